The van der Waals surface area contributed by atoms with Crippen molar-refractivity contribution in [2.24, 2.45) is 46.3 Å². The molecule has 1 saturated heterocycles. The molecule has 1 heterocycles. The second-order valence-corrected chi connectivity index (χ2v) is 12.5. The molecule has 0 aromatic rings. The van der Waals surface area contributed by atoms with Crippen molar-refractivity contribution >= 4 is 0 Å². The summed E-state index contributed by atoms with van der Waals surface area (Å²) in [6.45, 7) is 14.7. The molecule has 4 unspecified atom stereocenters. The zero-order valence-corrected chi connectivity index (χ0v) is 20.2. The summed E-state index contributed by atoms with van der Waals surface area (Å²) in [7, 11) is 0. The van der Waals surface area contributed by atoms with E-state index in [-0.39, 0.29) is 6.10 Å². The highest BCUT2D eigenvalue weighted by Gasteiger charge is 2.60. The molecule has 2 nitrogen and oxygen atoms in total. The molecule has 30 heavy (non-hydrogen) atoms. The molecule has 0 amide bonds. The first-order valence-electron chi connectivity index (χ1n) is 12.9. The Morgan fingerprint density at radius 3 is 2.43 bits per heavy atom. The Hall–Kier alpha value is -0.600. The number of epoxide rings is 1. The molecule has 1 aliphatic heterocycles. The number of rotatable bonds is 4. The summed E-state index contributed by atoms with van der Waals surface area (Å²) in [4.78, 5) is 0. The SMILES string of the molecule is CC(C)[C@@H](C)[C@H]1O[C@@H]1C(C)C1CCC2C3=CC=C4C[C@@H](O)CC[C@]4(C)C3CC[C@@]21C. The molecule has 5 aliphatic rings. The van der Waals surface area contributed by atoms with Crippen molar-refractivity contribution in [3.8, 4) is 0 Å². The van der Waals surface area contributed by atoms with Gasteiger partial charge in [0.25, 0.3) is 0 Å². The maximum atomic E-state index is 10.2. The third-order valence-corrected chi connectivity index (χ3v) is 10.9. The van der Waals surface area contributed by atoms with Crippen LogP contribution < -0.4 is 0 Å². The third kappa shape index (κ3) is 3.03. The van der Waals surface area contributed by atoms with Crippen molar-refractivity contribution < 1.29 is 9.84 Å². The van der Waals surface area contributed by atoms with E-state index in [2.05, 4.69) is 53.7 Å². The highest BCUT2D eigenvalue weighted by atomic mass is 16.6. The number of fused-ring (bicyclic) bond motifs is 5. The predicted molar refractivity (Wildman–Crippen MR) is 123 cm³/mol. The summed E-state index contributed by atoms with van der Waals surface area (Å²) in [5.41, 5.74) is 4.03. The number of hydrogen-bond acceptors (Lipinski definition) is 2. The molecule has 0 aromatic carbocycles. The molecule has 168 valence electrons. The molecule has 4 aliphatic carbocycles. The lowest BCUT2D eigenvalue weighted by Gasteiger charge is -2.55. The van der Waals surface area contributed by atoms with Crippen LogP contribution in [0.2, 0.25) is 0 Å². The molecule has 5 rings (SSSR count). The summed E-state index contributed by atoms with van der Waals surface area (Å²) < 4.78 is 6.29. The molecule has 3 saturated carbocycles. The molecule has 1 N–H and O–H groups in total. The van der Waals surface area contributed by atoms with Crippen molar-refractivity contribution in [1.82, 2.24) is 0 Å². The molecular weight excluding hydrogens is 368 g/mol. The molecule has 2 heteroatoms. The van der Waals surface area contributed by atoms with E-state index in [9.17, 15) is 5.11 Å². The fourth-order valence-electron chi connectivity index (χ4n) is 8.48. The van der Waals surface area contributed by atoms with Gasteiger partial charge < -0.3 is 9.84 Å². The van der Waals surface area contributed by atoms with E-state index in [1.807, 2.05) is 0 Å². The van der Waals surface area contributed by atoms with Crippen LogP contribution in [0.1, 0.15) is 86.5 Å². The number of aliphatic hydroxyl groups excluding tert-OH is 1. The van der Waals surface area contributed by atoms with Gasteiger partial charge in [-0.25, -0.2) is 0 Å². The average molecular weight is 413 g/mol. The molecule has 0 bridgehead atoms. The smallest absolute Gasteiger partial charge is 0.0873 e. The van der Waals surface area contributed by atoms with Crippen molar-refractivity contribution in [3.05, 3.63) is 23.3 Å². The lowest BCUT2D eigenvalue weighted by atomic mass is 9.50. The van der Waals surface area contributed by atoms with Crippen LogP contribution in [0.3, 0.4) is 0 Å². The lowest BCUT2D eigenvalue weighted by Crippen LogP contribution is -2.47. The Kier molecular flexibility index (Phi) is 5.10. The summed E-state index contributed by atoms with van der Waals surface area (Å²) >= 11 is 0. The largest absolute Gasteiger partial charge is 0.393 e. The van der Waals surface area contributed by atoms with Gasteiger partial charge in [-0.05, 0) is 91.3 Å². The van der Waals surface area contributed by atoms with Crippen molar-refractivity contribution in [2.75, 3.05) is 0 Å². The first kappa shape index (κ1) is 21.3. The Labute approximate surface area is 184 Å². The summed E-state index contributed by atoms with van der Waals surface area (Å²) in [5.74, 6) is 4.32. The Morgan fingerprint density at radius 2 is 1.70 bits per heavy atom. The zero-order chi connectivity index (χ0) is 21.4. The van der Waals surface area contributed by atoms with Gasteiger partial charge in [0.05, 0.1) is 18.3 Å². The van der Waals surface area contributed by atoms with E-state index >= 15 is 0 Å². The molecule has 4 fully saturated rings. The molecular formula is C28H44O2. The minimum atomic E-state index is -0.121. The molecule has 0 aromatic heterocycles. The monoisotopic (exact) mass is 412 g/mol. The maximum Gasteiger partial charge on any atom is 0.0873 e. The van der Waals surface area contributed by atoms with Crippen LogP contribution >= 0.6 is 0 Å². The van der Waals surface area contributed by atoms with Crippen LogP contribution in [0.5, 0.6) is 0 Å². The topological polar surface area (TPSA) is 32.8 Å². The van der Waals surface area contributed by atoms with Crippen LogP contribution in [0.25, 0.3) is 0 Å². The summed E-state index contributed by atoms with van der Waals surface area (Å²) in [5, 5.41) is 10.2. The molecule has 10 atom stereocenters. The zero-order valence-electron chi connectivity index (χ0n) is 20.2. The van der Waals surface area contributed by atoms with Gasteiger partial charge in [-0.1, -0.05) is 64.8 Å². The van der Waals surface area contributed by atoms with Crippen LogP contribution in [-0.4, -0.2) is 23.4 Å². The second kappa shape index (κ2) is 7.20. The van der Waals surface area contributed by atoms with Gasteiger partial charge in [0.15, 0.2) is 0 Å². The maximum absolute atomic E-state index is 10.2. The summed E-state index contributed by atoms with van der Waals surface area (Å²) in [6, 6.07) is 0. The number of allylic oxidation sites excluding steroid dienone is 3. The molecule has 0 radical (unpaired) electrons. The Balaban J connectivity index is 1.37. The molecule has 0 spiro atoms. The second-order valence-electron chi connectivity index (χ2n) is 12.5. The normalized spacial score (nSPS) is 49.5. The highest BCUT2D eigenvalue weighted by Crippen LogP contribution is 2.66. The van der Waals surface area contributed by atoms with E-state index < -0.39 is 0 Å². The number of ether oxygens (including phenoxy) is 1. The third-order valence-electron chi connectivity index (χ3n) is 10.9. The quantitative estimate of drug-likeness (QED) is 0.532. The van der Waals surface area contributed by atoms with E-state index in [4.69, 9.17) is 4.74 Å². The van der Waals surface area contributed by atoms with E-state index in [1.165, 1.54) is 31.3 Å². The predicted octanol–water partition coefficient (Wildman–Crippen LogP) is 6.54. The highest BCUT2D eigenvalue weighted by molar-refractivity contribution is 5.39. The van der Waals surface area contributed by atoms with Crippen LogP contribution in [-0.2, 0) is 4.74 Å². The van der Waals surface area contributed by atoms with Crippen LogP contribution in [0, 0.1) is 46.3 Å². The van der Waals surface area contributed by atoms with Gasteiger partial charge in [-0.3, -0.25) is 0 Å². The average Bonchev–Trinajstić information content (AvgIpc) is 3.42. The first-order valence-corrected chi connectivity index (χ1v) is 12.9. The van der Waals surface area contributed by atoms with E-state index in [1.54, 1.807) is 5.57 Å². The van der Waals surface area contributed by atoms with Crippen molar-refractivity contribution in [1.29, 1.82) is 0 Å². The standard InChI is InChI=1S/C28H44O2/c1-16(2)17(3)25-26(30-25)18(4)22-9-10-23-21-8-7-19-15-20(29)11-13-27(19,5)24(21)12-14-28(22,23)6/h7-8,16-18,20,22-26,29H,9-15H2,1-6H3/t17-,18?,20+,22?,23?,24?,25-,26-,27+,28-/m1/s1. The van der Waals surface area contributed by atoms with Gasteiger partial charge in [0.2, 0.25) is 0 Å². The van der Waals surface area contributed by atoms with Gasteiger partial charge in [-0.15, -0.1) is 0 Å². The van der Waals surface area contributed by atoms with Gasteiger partial charge in [0.1, 0.15) is 0 Å². The lowest BCUT2D eigenvalue weighted by molar-refractivity contribution is 0.0299. The number of aliphatic hydroxyl groups is 1. The number of hydrogen-bond donors (Lipinski definition) is 1. The summed E-state index contributed by atoms with van der Waals surface area (Å²) in [6.07, 6.45) is 14.3. The minimum absolute atomic E-state index is 0.121. The van der Waals surface area contributed by atoms with E-state index in [0.29, 0.717) is 46.7 Å². The van der Waals surface area contributed by atoms with Crippen molar-refractivity contribution in [2.45, 2.75) is 105 Å². The van der Waals surface area contributed by atoms with Gasteiger partial charge in [-0.2, -0.15) is 0 Å². The fraction of sp³-hybridized carbons (Fsp3) is 0.857. The van der Waals surface area contributed by atoms with Crippen molar-refractivity contribution in [3.63, 3.8) is 0 Å². The Bertz CT molecular complexity index is 750. The van der Waals surface area contributed by atoms with Crippen LogP contribution in [0.4, 0.5) is 0 Å². The minimum Gasteiger partial charge on any atom is -0.393 e. The van der Waals surface area contributed by atoms with Crippen LogP contribution in [0.15, 0.2) is 23.3 Å². The van der Waals surface area contributed by atoms with Gasteiger partial charge >= 0.3 is 0 Å². The Morgan fingerprint density at radius 1 is 0.933 bits per heavy atom. The van der Waals surface area contributed by atoms with Gasteiger partial charge in [0, 0.05) is 0 Å². The first-order chi connectivity index (χ1) is 14.2. The van der Waals surface area contributed by atoms with E-state index in [0.717, 1.165) is 31.1 Å². The fourth-order valence-corrected chi connectivity index (χ4v) is 8.48.